The second-order valence-corrected chi connectivity index (χ2v) is 6.50. The Morgan fingerprint density at radius 2 is 1.86 bits per heavy atom. The summed E-state index contributed by atoms with van der Waals surface area (Å²) in [5.41, 5.74) is 5.18. The van der Waals surface area contributed by atoms with Crippen molar-refractivity contribution in [2.45, 2.75) is 41.2 Å². The average Bonchev–Trinajstić information content (AvgIpc) is 2.71. The zero-order valence-electron chi connectivity index (χ0n) is 14.0. The molecule has 2 heteroatoms. The van der Waals surface area contributed by atoms with Crippen LogP contribution in [-0.2, 0) is 11.3 Å². The lowest BCUT2D eigenvalue weighted by atomic mass is 10.1. The van der Waals surface area contributed by atoms with E-state index in [1.807, 2.05) is 11.3 Å². The van der Waals surface area contributed by atoms with E-state index in [9.17, 15) is 0 Å². The van der Waals surface area contributed by atoms with Crippen molar-refractivity contribution in [2.24, 2.45) is 0 Å². The summed E-state index contributed by atoms with van der Waals surface area (Å²) in [6.07, 6.45) is 12.8. The van der Waals surface area contributed by atoms with Gasteiger partial charge in [0.2, 0.25) is 0 Å². The summed E-state index contributed by atoms with van der Waals surface area (Å²) in [4.78, 5) is 2.67. The molecule has 0 aliphatic rings. The smallest absolute Gasteiger partial charge is 0.0808 e. The highest BCUT2D eigenvalue weighted by molar-refractivity contribution is 7.12. The Kier molecular flexibility index (Phi) is 7.41. The van der Waals surface area contributed by atoms with Crippen molar-refractivity contribution in [1.29, 1.82) is 0 Å². The van der Waals surface area contributed by atoms with E-state index in [1.54, 1.807) is 7.11 Å². The molecule has 0 unspecified atom stereocenters. The molecule has 0 aromatic carbocycles. The lowest BCUT2D eigenvalue weighted by Crippen LogP contribution is -1.86. The summed E-state index contributed by atoms with van der Waals surface area (Å²) in [6, 6.07) is 0. The Bertz CT molecular complexity index is 583. The number of methoxy groups -OCH3 is 1. The number of allylic oxidation sites excluding steroid dienone is 7. The summed E-state index contributed by atoms with van der Waals surface area (Å²) in [5.74, 6) is 0. The van der Waals surface area contributed by atoms with Crippen LogP contribution < -0.4 is 0 Å². The Morgan fingerprint density at radius 3 is 2.48 bits per heavy atom. The van der Waals surface area contributed by atoms with Crippen LogP contribution in [-0.4, -0.2) is 7.11 Å². The van der Waals surface area contributed by atoms with E-state index < -0.39 is 0 Å². The van der Waals surface area contributed by atoms with E-state index >= 15 is 0 Å². The fourth-order valence-electron chi connectivity index (χ4n) is 1.96. The molecule has 0 saturated carbocycles. The van der Waals surface area contributed by atoms with Crippen LogP contribution in [0.4, 0.5) is 0 Å². The van der Waals surface area contributed by atoms with Crippen molar-refractivity contribution < 1.29 is 4.74 Å². The molecule has 21 heavy (non-hydrogen) atoms. The van der Waals surface area contributed by atoms with Gasteiger partial charge in [0.1, 0.15) is 0 Å². The van der Waals surface area contributed by atoms with Gasteiger partial charge in [-0.1, -0.05) is 47.6 Å². The summed E-state index contributed by atoms with van der Waals surface area (Å²) in [7, 11) is 1.75. The molecule has 0 aliphatic carbocycles. The highest BCUT2D eigenvalue weighted by atomic mass is 32.1. The molecule has 1 aromatic rings. The van der Waals surface area contributed by atoms with E-state index in [0.717, 1.165) is 0 Å². The van der Waals surface area contributed by atoms with Gasteiger partial charge in [0.25, 0.3) is 0 Å². The number of thiophene rings is 1. The largest absolute Gasteiger partial charge is 0.379 e. The van der Waals surface area contributed by atoms with Crippen molar-refractivity contribution in [1.82, 2.24) is 0 Å². The maximum atomic E-state index is 5.25. The Balaban J connectivity index is 2.85. The predicted molar refractivity (Wildman–Crippen MR) is 95.9 cm³/mol. The SMILES string of the molecule is CC=C(C)C=CC=C(C)C=Cc1c(C)sc(COC)c1C. The highest BCUT2D eigenvalue weighted by Crippen LogP contribution is 2.29. The highest BCUT2D eigenvalue weighted by Gasteiger charge is 2.09. The molecule has 0 saturated heterocycles. The van der Waals surface area contributed by atoms with Gasteiger partial charge >= 0.3 is 0 Å². The summed E-state index contributed by atoms with van der Waals surface area (Å²) in [6.45, 7) is 11.3. The normalized spacial score (nSPS) is 13.8. The van der Waals surface area contributed by atoms with Crippen LogP contribution in [0.5, 0.6) is 0 Å². The molecule has 1 heterocycles. The summed E-state index contributed by atoms with van der Waals surface area (Å²) < 4.78 is 5.25. The molecular formula is C19H26OS. The number of hydrogen-bond donors (Lipinski definition) is 0. The summed E-state index contributed by atoms with van der Waals surface area (Å²) >= 11 is 1.82. The van der Waals surface area contributed by atoms with Gasteiger partial charge in [-0.25, -0.2) is 0 Å². The van der Waals surface area contributed by atoms with Crippen LogP contribution in [0.25, 0.3) is 6.08 Å². The third-order valence-electron chi connectivity index (χ3n) is 3.44. The first-order chi connectivity index (χ1) is 9.99. The molecule has 0 N–H and O–H groups in total. The Labute approximate surface area is 133 Å². The summed E-state index contributed by atoms with van der Waals surface area (Å²) in [5, 5.41) is 0. The van der Waals surface area contributed by atoms with Crippen LogP contribution in [0.2, 0.25) is 0 Å². The van der Waals surface area contributed by atoms with E-state index in [0.29, 0.717) is 6.61 Å². The van der Waals surface area contributed by atoms with Gasteiger partial charge in [-0.15, -0.1) is 11.3 Å². The van der Waals surface area contributed by atoms with Crippen LogP contribution in [0.15, 0.2) is 41.5 Å². The maximum Gasteiger partial charge on any atom is 0.0808 e. The number of rotatable bonds is 6. The maximum absolute atomic E-state index is 5.25. The third kappa shape index (κ3) is 5.49. The molecule has 0 aliphatic heterocycles. The standard InChI is InChI=1S/C19H26OS/c1-7-14(2)9-8-10-15(3)11-12-18-16(4)19(13-20-6)21-17(18)5/h7-12H,13H2,1-6H3. The van der Waals surface area contributed by atoms with Gasteiger partial charge in [0.05, 0.1) is 6.61 Å². The quantitative estimate of drug-likeness (QED) is 0.586. The lowest BCUT2D eigenvalue weighted by Gasteiger charge is -1.98. The van der Waals surface area contributed by atoms with Crippen LogP contribution >= 0.6 is 11.3 Å². The minimum absolute atomic E-state index is 0.700. The Hall–Kier alpha value is -1.38. The molecule has 0 atom stereocenters. The fourth-order valence-corrected chi connectivity index (χ4v) is 3.10. The first-order valence-electron chi connectivity index (χ1n) is 7.23. The monoisotopic (exact) mass is 302 g/mol. The first-order valence-corrected chi connectivity index (χ1v) is 8.05. The van der Waals surface area contributed by atoms with E-state index in [-0.39, 0.29) is 0 Å². The molecule has 1 nitrogen and oxygen atoms in total. The van der Waals surface area contributed by atoms with E-state index in [1.165, 1.54) is 32.0 Å². The van der Waals surface area contributed by atoms with Crippen molar-refractivity contribution in [3.63, 3.8) is 0 Å². The van der Waals surface area contributed by atoms with Crippen molar-refractivity contribution >= 4 is 17.4 Å². The molecule has 0 bridgehead atoms. The van der Waals surface area contributed by atoms with Crippen molar-refractivity contribution in [2.75, 3.05) is 7.11 Å². The molecular weight excluding hydrogens is 276 g/mol. The second kappa shape index (κ2) is 8.81. The van der Waals surface area contributed by atoms with Gasteiger partial charge in [-0.3, -0.25) is 0 Å². The van der Waals surface area contributed by atoms with Gasteiger partial charge in [-0.05, 0) is 45.7 Å². The number of hydrogen-bond acceptors (Lipinski definition) is 2. The number of aryl methyl sites for hydroxylation is 1. The second-order valence-electron chi connectivity index (χ2n) is 5.19. The molecule has 0 spiro atoms. The van der Waals surface area contributed by atoms with Crippen molar-refractivity contribution in [3.05, 3.63) is 62.4 Å². The number of ether oxygens (including phenoxy) is 1. The van der Waals surface area contributed by atoms with Crippen LogP contribution in [0.3, 0.4) is 0 Å². The zero-order valence-corrected chi connectivity index (χ0v) is 14.8. The predicted octanol–water partition coefficient (Wildman–Crippen LogP) is 5.99. The van der Waals surface area contributed by atoms with Crippen LogP contribution in [0.1, 0.15) is 41.7 Å². The molecule has 0 radical (unpaired) electrons. The Morgan fingerprint density at radius 1 is 1.14 bits per heavy atom. The van der Waals surface area contributed by atoms with Crippen LogP contribution in [0, 0.1) is 13.8 Å². The minimum atomic E-state index is 0.700. The average molecular weight is 302 g/mol. The van der Waals surface area contributed by atoms with Crippen molar-refractivity contribution in [3.8, 4) is 0 Å². The van der Waals surface area contributed by atoms with Gasteiger partial charge in [0.15, 0.2) is 0 Å². The minimum Gasteiger partial charge on any atom is -0.379 e. The van der Waals surface area contributed by atoms with Gasteiger partial charge < -0.3 is 4.74 Å². The van der Waals surface area contributed by atoms with Gasteiger partial charge in [-0.2, -0.15) is 0 Å². The van der Waals surface area contributed by atoms with E-state index in [4.69, 9.17) is 4.74 Å². The molecule has 0 amide bonds. The zero-order chi connectivity index (χ0) is 15.8. The third-order valence-corrected chi connectivity index (χ3v) is 4.64. The first kappa shape index (κ1) is 17.7. The molecule has 1 rings (SSSR count). The fraction of sp³-hybridized carbons (Fsp3) is 0.368. The topological polar surface area (TPSA) is 9.23 Å². The van der Waals surface area contributed by atoms with E-state index in [2.05, 4.69) is 71.1 Å². The molecule has 114 valence electrons. The molecule has 0 fully saturated rings. The van der Waals surface area contributed by atoms with Gasteiger partial charge in [0, 0.05) is 16.9 Å². The molecule has 1 aromatic heterocycles. The lowest BCUT2D eigenvalue weighted by molar-refractivity contribution is 0.187.